The summed E-state index contributed by atoms with van der Waals surface area (Å²) in [6, 6.07) is 14.4. The van der Waals surface area contributed by atoms with Gasteiger partial charge in [-0.25, -0.2) is 12.8 Å². The summed E-state index contributed by atoms with van der Waals surface area (Å²) in [5.74, 6) is 0.299. The molecule has 0 N–H and O–H groups in total. The molecule has 0 unspecified atom stereocenters. The van der Waals surface area contributed by atoms with Gasteiger partial charge in [-0.3, -0.25) is 10.1 Å². The highest BCUT2D eigenvalue weighted by Crippen LogP contribution is 2.23. The summed E-state index contributed by atoms with van der Waals surface area (Å²) in [5.41, 5.74) is 1.20. The molecule has 2 aromatic carbocycles. The van der Waals surface area contributed by atoms with Gasteiger partial charge in [0, 0.05) is 43.9 Å². The Balaban J connectivity index is 1.42. The van der Waals surface area contributed by atoms with Crippen LogP contribution in [-0.4, -0.2) is 54.0 Å². The Bertz CT molecular complexity index is 1180. The van der Waals surface area contributed by atoms with Crippen LogP contribution in [0.5, 0.6) is 0 Å². The lowest BCUT2D eigenvalue weighted by Crippen LogP contribution is -2.48. The number of benzene rings is 2. The Hall–Kier alpha value is -3.44. The highest BCUT2D eigenvalue weighted by molar-refractivity contribution is 7.89. The van der Waals surface area contributed by atoms with Gasteiger partial charge in [0.25, 0.3) is 5.69 Å². The summed E-state index contributed by atoms with van der Waals surface area (Å²) in [5, 5.41) is 19.2. The number of piperazine rings is 1. The van der Waals surface area contributed by atoms with Crippen LogP contribution in [0, 0.1) is 15.9 Å². The first-order valence-corrected chi connectivity index (χ1v) is 10.9. The first-order valence-electron chi connectivity index (χ1n) is 9.44. The number of halogens is 1. The molecule has 11 heteroatoms. The molecule has 0 amide bonds. The van der Waals surface area contributed by atoms with E-state index in [1.165, 1.54) is 40.7 Å². The predicted molar refractivity (Wildman–Crippen MR) is 111 cm³/mol. The Morgan fingerprint density at radius 1 is 0.871 bits per heavy atom. The van der Waals surface area contributed by atoms with Crippen LogP contribution in [0.2, 0.25) is 0 Å². The fraction of sp³-hybridized carbons (Fsp3) is 0.200. The quantitative estimate of drug-likeness (QED) is 0.440. The minimum absolute atomic E-state index is 0.0231. The average Bonchev–Trinajstić information content (AvgIpc) is 2.80. The SMILES string of the molecule is O=[N+]([O-])c1ccc(S(=O)(=O)N2CCN(c3ccc(-c4ccc(F)cc4)nn3)CC2)cc1. The third kappa shape index (κ3) is 4.37. The summed E-state index contributed by atoms with van der Waals surface area (Å²) < 4.78 is 40.1. The number of nitrogens with zero attached hydrogens (tertiary/aromatic N) is 5. The van der Waals surface area contributed by atoms with Crippen LogP contribution in [0.15, 0.2) is 65.6 Å². The molecular weight excluding hydrogens is 425 g/mol. The van der Waals surface area contributed by atoms with Crippen LogP contribution < -0.4 is 4.90 Å². The molecule has 2 heterocycles. The van der Waals surface area contributed by atoms with Crippen molar-refractivity contribution in [3.63, 3.8) is 0 Å². The van der Waals surface area contributed by atoms with E-state index in [0.717, 1.165) is 5.56 Å². The van der Waals surface area contributed by atoms with E-state index in [0.29, 0.717) is 24.6 Å². The number of hydrogen-bond donors (Lipinski definition) is 0. The zero-order valence-electron chi connectivity index (χ0n) is 16.3. The Kier molecular flexibility index (Phi) is 5.61. The number of aromatic nitrogens is 2. The van der Waals surface area contributed by atoms with Crippen molar-refractivity contribution in [3.05, 3.63) is 76.6 Å². The molecule has 0 aliphatic carbocycles. The van der Waals surface area contributed by atoms with Gasteiger partial charge in [0.15, 0.2) is 5.82 Å². The third-order valence-electron chi connectivity index (χ3n) is 5.04. The molecule has 0 saturated carbocycles. The second kappa shape index (κ2) is 8.36. The first-order chi connectivity index (χ1) is 14.8. The maximum Gasteiger partial charge on any atom is 0.269 e. The molecule has 1 aliphatic rings. The third-order valence-corrected chi connectivity index (χ3v) is 6.95. The van der Waals surface area contributed by atoms with Gasteiger partial charge >= 0.3 is 0 Å². The van der Waals surface area contributed by atoms with E-state index in [2.05, 4.69) is 10.2 Å². The van der Waals surface area contributed by atoms with Gasteiger partial charge in [-0.1, -0.05) is 0 Å². The van der Waals surface area contributed by atoms with E-state index in [9.17, 15) is 22.9 Å². The maximum absolute atomic E-state index is 13.1. The number of anilines is 1. The monoisotopic (exact) mass is 443 g/mol. The highest BCUT2D eigenvalue weighted by atomic mass is 32.2. The number of hydrogen-bond acceptors (Lipinski definition) is 7. The van der Waals surface area contributed by atoms with Crippen molar-refractivity contribution in [2.75, 3.05) is 31.1 Å². The van der Waals surface area contributed by atoms with E-state index < -0.39 is 14.9 Å². The van der Waals surface area contributed by atoms with Crippen LogP contribution in [0.1, 0.15) is 0 Å². The van der Waals surface area contributed by atoms with E-state index in [1.54, 1.807) is 24.3 Å². The van der Waals surface area contributed by atoms with Crippen molar-refractivity contribution < 1.29 is 17.7 Å². The molecule has 160 valence electrons. The van der Waals surface area contributed by atoms with Crippen molar-refractivity contribution >= 4 is 21.5 Å². The van der Waals surface area contributed by atoms with E-state index in [4.69, 9.17) is 0 Å². The Morgan fingerprint density at radius 3 is 2.06 bits per heavy atom. The smallest absolute Gasteiger partial charge is 0.269 e. The van der Waals surface area contributed by atoms with Gasteiger partial charge in [-0.2, -0.15) is 4.31 Å². The second-order valence-electron chi connectivity index (χ2n) is 6.93. The van der Waals surface area contributed by atoms with E-state index in [1.807, 2.05) is 4.90 Å². The molecule has 0 bridgehead atoms. The van der Waals surface area contributed by atoms with Gasteiger partial charge in [0.05, 0.1) is 15.5 Å². The standard InChI is InChI=1S/C20H18FN5O4S/c21-16-3-1-15(2-4-16)19-9-10-20(23-22-19)24-11-13-25(14-12-24)31(29,30)18-7-5-17(6-8-18)26(27)28/h1-10H,11-14H2. The maximum atomic E-state index is 13.1. The summed E-state index contributed by atoms with van der Waals surface area (Å²) in [6.45, 7) is 1.36. The zero-order valence-corrected chi connectivity index (χ0v) is 17.1. The minimum Gasteiger partial charge on any atom is -0.352 e. The van der Waals surface area contributed by atoms with Gasteiger partial charge < -0.3 is 4.90 Å². The molecule has 0 atom stereocenters. The van der Waals surface area contributed by atoms with Crippen molar-refractivity contribution in [3.8, 4) is 11.3 Å². The lowest BCUT2D eigenvalue weighted by molar-refractivity contribution is -0.384. The molecule has 9 nitrogen and oxygen atoms in total. The molecule has 0 spiro atoms. The summed E-state index contributed by atoms with van der Waals surface area (Å²) in [6.07, 6.45) is 0. The number of sulfonamides is 1. The van der Waals surface area contributed by atoms with Gasteiger partial charge in [-0.05, 0) is 48.5 Å². The lowest BCUT2D eigenvalue weighted by Gasteiger charge is -2.34. The zero-order chi connectivity index (χ0) is 22.0. The molecular formula is C20H18FN5O4S. The molecule has 1 saturated heterocycles. The van der Waals surface area contributed by atoms with E-state index >= 15 is 0 Å². The second-order valence-corrected chi connectivity index (χ2v) is 8.86. The number of nitro groups is 1. The molecule has 3 aromatic rings. The van der Waals surface area contributed by atoms with E-state index in [-0.39, 0.29) is 29.5 Å². The number of rotatable bonds is 5. The van der Waals surface area contributed by atoms with Gasteiger partial charge in [0.1, 0.15) is 5.82 Å². The fourth-order valence-electron chi connectivity index (χ4n) is 3.31. The normalized spacial score (nSPS) is 15.1. The molecule has 4 rings (SSSR count). The largest absolute Gasteiger partial charge is 0.352 e. The van der Waals surface area contributed by atoms with Gasteiger partial charge in [0.2, 0.25) is 10.0 Å². The van der Waals surface area contributed by atoms with Crippen LogP contribution in [0.25, 0.3) is 11.3 Å². The highest BCUT2D eigenvalue weighted by Gasteiger charge is 2.29. The predicted octanol–water partition coefficient (Wildman–Crippen LogP) is 2.70. The molecule has 1 fully saturated rings. The Morgan fingerprint density at radius 2 is 1.52 bits per heavy atom. The molecule has 0 radical (unpaired) electrons. The number of non-ortho nitro benzene ring substituents is 1. The topological polar surface area (TPSA) is 110 Å². The minimum atomic E-state index is -3.74. The summed E-state index contributed by atoms with van der Waals surface area (Å²) >= 11 is 0. The fourth-order valence-corrected chi connectivity index (χ4v) is 4.74. The van der Waals surface area contributed by atoms with Crippen molar-refractivity contribution in [1.29, 1.82) is 0 Å². The van der Waals surface area contributed by atoms with Crippen molar-refractivity contribution in [2.24, 2.45) is 0 Å². The van der Waals surface area contributed by atoms with Crippen LogP contribution >= 0.6 is 0 Å². The molecule has 31 heavy (non-hydrogen) atoms. The van der Waals surface area contributed by atoms with Crippen LogP contribution in [0.4, 0.5) is 15.9 Å². The van der Waals surface area contributed by atoms with Crippen molar-refractivity contribution in [1.82, 2.24) is 14.5 Å². The van der Waals surface area contributed by atoms with Crippen LogP contribution in [-0.2, 0) is 10.0 Å². The summed E-state index contributed by atoms with van der Waals surface area (Å²) in [4.78, 5) is 12.1. The average molecular weight is 443 g/mol. The number of nitro benzene ring substituents is 1. The first kappa shape index (κ1) is 20.8. The molecule has 1 aromatic heterocycles. The Labute approximate surface area is 178 Å². The van der Waals surface area contributed by atoms with Gasteiger partial charge in [-0.15, -0.1) is 10.2 Å². The van der Waals surface area contributed by atoms with Crippen LogP contribution in [0.3, 0.4) is 0 Å². The summed E-state index contributed by atoms with van der Waals surface area (Å²) in [7, 11) is -3.74. The lowest BCUT2D eigenvalue weighted by atomic mass is 10.1. The van der Waals surface area contributed by atoms with Crippen molar-refractivity contribution in [2.45, 2.75) is 4.90 Å². The molecule has 1 aliphatic heterocycles.